The van der Waals surface area contributed by atoms with Crippen LogP contribution in [-0.4, -0.2) is 54.8 Å². The van der Waals surface area contributed by atoms with Crippen molar-refractivity contribution in [3.8, 4) is 0 Å². The molecule has 0 heterocycles. The van der Waals surface area contributed by atoms with Crippen molar-refractivity contribution in [3.05, 3.63) is 0 Å². The molecule has 2 N–H and O–H groups in total. The highest BCUT2D eigenvalue weighted by Gasteiger charge is 2.39. The summed E-state index contributed by atoms with van der Waals surface area (Å²) in [6, 6.07) is 0. The van der Waals surface area contributed by atoms with Gasteiger partial charge in [-0.3, -0.25) is 9.59 Å². The lowest BCUT2D eigenvalue weighted by atomic mass is 9.76. The van der Waals surface area contributed by atoms with Crippen LogP contribution < -0.4 is 5.73 Å². The Balaban J connectivity index is 2.65. The average molecular weight is 255 g/mol. The van der Waals surface area contributed by atoms with Crippen LogP contribution in [0.2, 0.25) is 0 Å². The third-order valence-electron chi connectivity index (χ3n) is 3.68. The molecule has 18 heavy (non-hydrogen) atoms. The van der Waals surface area contributed by atoms with Crippen LogP contribution in [0.1, 0.15) is 32.6 Å². The molecule has 0 aromatic heterocycles. The number of nitrogens with two attached hydrogens (primary N) is 1. The maximum Gasteiger partial charge on any atom is 0.242 e. The topological polar surface area (TPSA) is 66.6 Å². The molecule has 1 rings (SSSR count). The molecule has 1 fully saturated rings. The Kier molecular flexibility index (Phi) is 4.73. The van der Waals surface area contributed by atoms with Crippen molar-refractivity contribution in [2.24, 2.45) is 11.7 Å². The van der Waals surface area contributed by atoms with E-state index in [0.29, 0.717) is 12.3 Å². The number of likely N-dealkylation sites (N-methyl/N-ethyl adjacent to an activating group) is 2. The van der Waals surface area contributed by atoms with Gasteiger partial charge in [0.25, 0.3) is 0 Å². The largest absolute Gasteiger partial charge is 0.347 e. The fourth-order valence-corrected chi connectivity index (χ4v) is 2.58. The van der Waals surface area contributed by atoms with E-state index in [0.717, 1.165) is 19.3 Å². The summed E-state index contributed by atoms with van der Waals surface area (Å²) in [5.41, 5.74) is 5.45. The molecule has 0 aromatic rings. The summed E-state index contributed by atoms with van der Waals surface area (Å²) in [6.07, 6.45) is 3.55. The first-order valence-electron chi connectivity index (χ1n) is 6.51. The summed E-state index contributed by atoms with van der Waals surface area (Å²) in [6.45, 7) is 2.22. The van der Waals surface area contributed by atoms with Gasteiger partial charge in [-0.1, -0.05) is 19.8 Å². The Labute approximate surface area is 109 Å². The third-order valence-corrected chi connectivity index (χ3v) is 3.68. The first-order chi connectivity index (χ1) is 8.26. The molecule has 0 radical (unpaired) electrons. The lowest BCUT2D eigenvalue weighted by Crippen LogP contribution is -2.57. The molecule has 0 bridgehead atoms. The molecule has 1 aliphatic rings. The second-order valence-corrected chi connectivity index (χ2v) is 5.81. The molecule has 0 aliphatic heterocycles. The highest BCUT2D eigenvalue weighted by molar-refractivity contribution is 5.90. The Hall–Kier alpha value is -1.10. The Bertz CT molecular complexity index is 330. The van der Waals surface area contributed by atoms with Gasteiger partial charge in [0.2, 0.25) is 11.8 Å². The summed E-state index contributed by atoms with van der Waals surface area (Å²) >= 11 is 0. The van der Waals surface area contributed by atoms with Gasteiger partial charge in [-0.05, 0) is 18.8 Å². The number of nitrogens with zero attached hydrogens (tertiary/aromatic N) is 2. The van der Waals surface area contributed by atoms with E-state index < -0.39 is 5.54 Å². The molecule has 5 nitrogen and oxygen atoms in total. The number of amides is 2. The summed E-state index contributed by atoms with van der Waals surface area (Å²) in [7, 11) is 5.01. The maximum atomic E-state index is 12.4. The fourth-order valence-electron chi connectivity index (χ4n) is 2.58. The van der Waals surface area contributed by atoms with Gasteiger partial charge >= 0.3 is 0 Å². The van der Waals surface area contributed by atoms with Gasteiger partial charge < -0.3 is 15.5 Å². The highest BCUT2D eigenvalue weighted by atomic mass is 16.2. The van der Waals surface area contributed by atoms with Crippen LogP contribution >= 0.6 is 0 Å². The third kappa shape index (κ3) is 3.45. The lowest BCUT2D eigenvalue weighted by molar-refractivity contribution is -0.142. The lowest BCUT2D eigenvalue weighted by Gasteiger charge is -2.38. The van der Waals surface area contributed by atoms with Crippen molar-refractivity contribution in [1.82, 2.24) is 9.80 Å². The van der Waals surface area contributed by atoms with Crippen LogP contribution in [0.4, 0.5) is 0 Å². The average Bonchev–Trinajstić information content (AvgIpc) is 2.27. The smallest absolute Gasteiger partial charge is 0.242 e. The molecule has 1 aliphatic carbocycles. The summed E-state index contributed by atoms with van der Waals surface area (Å²) in [4.78, 5) is 26.9. The van der Waals surface area contributed by atoms with Crippen LogP contribution in [0.3, 0.4) is 0 Å². The van der Waals surface area contributed by atoms with Crippen LogP contribution in [0, 0.1) is 5.92 Å². The molecule has 0 saturated heterocycles. The van der Waals surface area contributed by atoms with E-state index >= 15 is 0 Å². The minimum atomic E-state index is -0.779. The van der Waals surface area contributed by atoms with Gasteiger partial charge in [-0.2, -0.15) is 0 Å². The number of hydrogen-bond acceptors (Lipinski definition) is 3. The predicted molar refractivity (Wildman–Crippen MR) is 70.9 cm³/mol. The second kappa shape index (κ2) is 5.69. The van der Waals surface area contributed by atoms with Gasteiger partial charge in [0.15, 0.2) is 0 Å². The molecule has 5 heteroatoms. The van der Waals surface area contributed by atoms with Crippen molar-refractivity contribution in [1.29, 1.82) is 0 Å². The van der Waals surface area contributed by atoms with E-state index in [1.807, 2.05) is 0 Å². The van der Waals surface area contributed by atoms with Crippen LogP contribution in [0.5, 0.6) is 0 Å². The monoisotopic (exact) mass is 255 g/mol. The number of carbonyl (C=O) groups excluding carboxylic acids is 2. The van der Waals surface area contributed by atoms with Gasteiger partial charge in [0.05, 0.1) is 12.1 Å². The van der Waals surface area contributed by atoms with E-state index in [9.17, 15) is 9.59 Å². The summed E-state index contributed by atoms with van der Waals surface area (Å²) in [5.74, 6) is 0.285. The quantitative estimate of drug-likeness (QED) is 0.796. The van der Waals surface area contributed by atoms with Crippen LogP contribution in [0.15, 0.2) is 0 Å². The maximum absolute atomic E-state index is 12.4. The van der Waals surface area contributed by atoms with E-state index in [4.69, 9.17) is 5.73 Å². The second-order valence-electron chi connectivity index (χ2n) is 5.81. The highest BCUT2D eigenvalue weighted by Crippen LogP contribution is 2.31. The summed E-state index contributed by atoms with van der Waals surface area (Å²) in [5, 5.41) is 0. The molecule has 2 amide bonds. The molecule has 0 aromatic carbocycles. The summed E-state index contributed by atoms with van der Waals surface area (Å²) < 4.78 is 0. The zero-order valence-corrected chi connectivity index (χ0v) is 11.9. The molecule has 0 spiro atoms. The molecular formula is C13H25N3O2. The number of carbonyl (C=O) groups is 2. The van der Waals surface area contributed by atoms with Crippen molar-refractivity contribution >= 4 is 11.8 Å². The van der Waals surface area contributed by atoms with Crippen molar-refractivity contribution in [2.75, 3.05) is 27.7 Å². The molecule has 2 atom stereocenters. The minimum Gasteiger partial charge on any atom is -0.347 e. The van der Waals surface area contributed by atoms with E-state index in [1.54, 1.807) is 21.1 Å². The first kappa shape index (κ1) is 15.0. The van der Waals surface area contributed by atoms with Crippen molar-refractivity contribution < 1.29 is 9.59 Å². The van der Waals surface area contributed by atoms with E-state index in [-0.39, 0.29) is 18.4 Å². The van der Waals surface area contributed by atoms with E-state index in [1.165, 1.54) is 9.80 Å². The first-order valence-corrected chi connectivity index (χ1v) is 6.51. The SMILES string of the molecule is CC1CCCC(N)(C(=O)N(C)CC(=O)N(C)C)C1. The Morgan fingerprint density at radius 3 is 2.44 bits per heavy atom. The van der Waals surface area contributed by atoms with Gasteiger partial charge in [-0.25, -0.2) is 0 Å². The van der Waals surface area contributed by atoms with Crippen molar-refractivity contribution in [2.45, 2.75) is 38.1 Å². The zero-order valence-electron chi connectivity index (χ0n) is 11.9. The Morgan fingerprint density at radius 1 is 1.33 bits per heavy atom. The molecule has 104 valence electrons. The fraction of sp³-hybridized carbons (Fsp3) is 0.846. The van der Waals surface area contributed by atoms with Crippen molar-refractivity contribution in [3.63, 3.8) is 0 Å². The van der Waals surface area contributed by atoms with Crippen LogP contribution in [0.25, 0.3) is 0 Å². The molecule has 2 unspecified atom stereocenters. The predicted octanol–water partition coefficient (Wildman–Crippen LogP) is 0.441. The molecule has 1 saturated carbocycles. The van der Waals surface area contributed by atoms with Gasteiger partial charge in [0, 0.05) is 21.1 Å². The standard InChI is InChI=1S/C13H25N3O2/c1-10-6-5-7-13(14,8-10)12(18)16(4)9-11(17)15(2)3/h10H,5-9,14H2,1-4H3. The van der Waals surface area contributed by atoms with E-state index in [2.05, 4.69) is 6.92 Å². The van der Waals surface area contributed by atoms with Gasteiger partial charge in [-0.15, -0.1) is 0 Å². The molecular weight excluding hydrogens is 230 g/mol. The normalized spacial score (nSPS) is 27.7. The number of rotatable bonds is 3. The Morgan fingerprint density at radius 2 is 1.94 bits per heavy atom. The minimum absolute atomic E-state index is 0.0849. The zero-order chi connectivity index (χ0) is 13.9. The van der Waals surface area contributed by atoms with Crippen LogP contribution in [-0.2, 0) is 9.59 Å². The number of hydrogen-bond donors (Lipinski definition) is 1. The van der Waals surface area contributed by atoms with Gasteiger partial charge in [0.1, 0.15) is 0 Å².